The van der Waals surface area contributed by atoms with Crippen LogP contribution in [0.25, 0.3) is 0 Å². The van der Waals surface area contributed by atoms with Gasteiger partial charge in [-0.15, -0.1) is 0 Å². The Hall–Kier alpha value is -2.47. The van der Waals surface area contributed by atoms with Crippen molar-refractivity contribution >= 4 is 5.91 Å². The third-order valence-corrected chi connectivity index (χ3v) is 3.49. The molecule has 0 saturated heterocycles. The fourth-order valence-corrected chi connectivity index (χ4v) is 2.19. The van der Waals surface area contributed by atoms with Crippen LogP contribution in [-0.2, 0) is 11.8 Å². The van der Waals surface area contributed by atoms with Gasteiger partial charge in [0.05, 0.1) is 13.2 Å². The van der Waals surface area contributed by atoms with E-state index in [0.717, 1.165) is 11.4 Å². The highest BCUT2D eigenvalue weighted by molar-refractivity contribution is 5.77. The number of aromatic nitrogens is 1. The van der Waals surface area contributed by atoms with E-state index in [1.54, 1.807) is 31.4 Å². The highest BCUT2D eigenvalue weighted by Crippen LogP contribution is 2.17. The fourth-order valence-electron chi connectivity index (χ4n) is 2.19. The molecule has 124 valence electrons. The molecule has 1 amide bonds. The first-order chi connectivity index (χ1) is 11.1. The average Bonchev–Trinajstić information content (AvgIpc) is 2.99. The van der Waals surface area contributed by atoms with Gasteiger partial charge < -0.3 is 24.5 Å². The van der Waals surface area contributed by atoms with Crippen LogP contribution < -0.4 is 14.8 Å². The minimum absolute atomic E-state index is 0.0629. The highest BCUT2D eigenvalue weighted by Gasteiger charge is 2.11. The Morgan fingerprint density at radius 1 is 1.26 bits per heavy atom. The van der Waals surface area contributed by atoms with Gasteiger partial charge in [0.25, 0.3) is 5.91 Å². The smallest absolute Gasteiger partial charge is 0.257 e. The first-order valence-corrected chi connectivity index (χ1v) is 7.43. The molecule has 0 aliphatic heterocycles. The normalized spacial score (nSPS) is 11.8. The number of amides is 1. The van der Waals surface area contributed by atoms with Crippen molar-refractivity contribution in [3.05, 3.63) is 48.3 Å². The summed E-state index contributed by atoms with van der Waals surface area (Å²) in [5.41, 5.74) is 0.828. The topological polar surface area (TPSA) is 72.7 Å². The van der Waals surface area contributed by atoms with Gasteiger partial charge >= 0.3 is 0 Å². The molecule has 2 N–H and O–H groups in total. The maximum Gasteiger partial charge on any atom is 0.257 e. The van der Waals surface area contributed by atoms with Crippen LogP contribution in [0.3, 0.4) is 0 Å². The van der Waals surface area contributed by atoms with E-state index in [0.29, 0.717) is 18.7 Å². The number of aryl methyl sites for hydroxylation is 1. The minimum atomic E-state index is -0.599. The molecule has 1 aromatic carbocycles. The lowest BCUT2D eigenvalue weighted by Gasteiger charge is -2.13. The zero-order valence-electron chi connectivity index (χ0n) is 13.4. The molecule has 1 unspecified atom stereocenters. The van der Waals surface area contributed by atoms with Gasteiger partial charge in [0.15, 0.2) is 6.61 Å². The van der Waals surface area contributed by atoms with Crippen molar-refractivity contribution in [1.29, 1.82) is 0 Å². The van der Waals surface area contributed by atoms with Gasteiger partial charge in [-0.3, -0.25) is 4.79 Å². The Morgan fingerprint density at radius 2 is 1.96 bits per heavy atom. The van der Waals surface area contributed by atoms with Crippen LogP contribution in [0.1, 0.15) is 18.2 Å². The van der Waals surface area contributed by atoms with Crippen molar-refractivity contribution in [2.75, 3.05) is 20.3 Å². The molecule has 0 aliphatic rings. The zero-order valence-corrected chi connectivity index (χ0v) is 13.4. The van der Waals surface area contributed by atoms with Gasteiger partial charge in [0, 0.05) is 25.5 Å². The second-order valence-electron chi connectivity index (χ2n) is 5.16. The fraction of sp³-hybridized carbons (Fsp3) is 0.353. The summed E-state index contributed by atoms with van der Waals surface area (Å²) in [4.78, 5) is 11.7. The average molecular weight is 318 g/mol. The number of carbonyl (C=O) groups excluding carboxylic acids is 1. The van der Waals surface area contributed by atoms with Crippen LogP contribution in [-0.4, -0.2) is 35.8 Å². The molecular weight excluding hydrogens is 296 g/mol. The molecule has 2 rings (SSSR count). The van der Waals surface area contributed by atoms with E-state index in [1.165, 1.54) is 0 Å². The van der Waals surface area contributed by atoms with Crippen LogP contribution >= 0.6 is 0 Å². The molecule has 0 saturated carbocycles. The molecule has 0 radical (unpaired) electrons. The lowest BCUT2D eigenvalue weighted by Crippen LogP contribution is -2.30. The van der Waals surface area contributed by atoms with Gasteiger partial charge in [-0.1, -0.05) is 0 Å². The number of aliphatic hydroxyl groups excluding tert-OH is 1. The minimum Gasteiger partial charge on any atom is -0.497 e. The van der Waals surface area contributed by atoms with Gasteiger partial charge in [-0.05, 0) is 42.8 Å². The summed E-state index contributed by atoms with van der Waals surface area (Å²) in [5, 5.41) is 12.8. The van der Waals surface area contributed by atoms with E-state index in [4.69, 9.17) is 9.47 Å². The summed E-state index contributed by atoms with van der Waals surface area (Å²) in [6, 6.07) is 10.8. The van der Waals surface area contributed by atoms with Crippen molar-refractivity contribution in [3.8, 4) is 11.5 Å². The maximum absolute atomic E-state index is 11.7. The number of nitrogens with zero attached hydrogens (tertiary/aromatic N) is 1. The van der Waals surface area contributed by atoms with Crippen molar-refractivity contribution in [2.24, 2.45) is 7.05 Å². The molecule has 6 heteroatoms. The summed E-state index contributed by atoms with van der Waals surface area (Å²) < 4.78 is 12.3. The SMILES string of the molecule is COc1ccc(OCC(=O)NCCC(O)c2cccn2C)cc1. The summed E-state index contributed by atoms with van der Waals surface area (Å²) in [6.07, 6.45) is 1.73. The van der Waals surface area contributed by atoms with E-state index in [9.17, 15) is 9.90 Å². The van der Waals surface area contributed by atoms with E-state index in [2.05, 4.69) is 5.32 Å². The molecule has 6 nitrogen and oxygen atoms in total. The Balaban J connectivity index is 1.67. The molecule has 0 fully saturated rings. The molecule has 0 bridgehead atoms. The van der Waals surface area contributed by atoms with Crippen LogP contribution in [0.4, 0.5) is 0 Å². The first-order valence-electron chi connectivity index (χ1n) is 7.43. The van der Waals surface area contributed by atoms with Gasteiger partial charge in [-0.2, -0.15) is 0 Å². The number of aliphatic hydroxyl groups is 1. The van der Waals surface area contributed by atoms with Crippen molar-refractivity contribution in [1.82, 2.24) is 9.88 Å². The Morgan fingerprint density at radius 3 is 2.57 bits per heavy atom. The van der Waals surface area contributed by atoms with Crippen molar-refractivity contribution in [2.45, 2.75) is 12.5 Å². The Bertz CT molecular complexity index is 622. The molecule has 0 spiro atoms. The number of carbonyl (C=O) groups is 1. The first kappa shape index (κ1) is 16.9. The van der Waals surface area contributed by atoms with Gasteiger partial charge in [-0.25, -0.2) is 0 Å². The number of methoxy groups -OCH3 is 1. The number of nitrogens with one attached hydrogen (secondary N) is 1. The largest absolute Gasteiger partial charge is 0.497 e. The van der Waals surface area contributed by atoms with Crippen molar-refractivity contribution in [3.63, 3.8) is 0 Å². The predicted molar refractivity (Wildman–Crippen MR) is 86.5 cm³/mol. The maximum atomic E-state index is 11.7. The second-order valence-corrected chi connectivity index (χ2v) is 5.16. The molecule has 1 atom stereocenters. The van der Waals surface area contributed by atoms with Crippen LogP contribution in [0.2, 0.25) is 0 Å². The molecule has 23 heavy (non-hydrogen) atoms. The van der Waals surface area contributed by atoms with Gasteiger partial charge in [0.1, 0.15) is 11.5 Å². The standard InChI is InChI=1S/C17H22N2O4/c1-19-11-3-4-15(19)16(20)9-10-18-17(21)12-23-14-7-5-13(22-2)6-8-14/h3-8,11,16,20H,9-10,12H2,1-2H3,(H,18,21). The van der Waals surface area contributed by atoms with Crippen LogP contribution in [0, 0.1) is 0 Å². The molecule has 2 aromatic rings. The second kappa shape index (κ2) is 8.24. The van der Waals surface area contributed by atoms with E-state index in [1.807, 2.05) is 29.9 Å². The third-order valence-electron chi connectivity index (χ3n) is 3.49. The third kappa shape index (κ3) is 5.03. The number of benzene rings is 1. The number of hydrogen-bond donors (Lipinski definition) is 2. The Kier molecular flexibility index (Phi) is 6.05. The van der Waals surface area contributed by atoms with E-state index >= 15 is 0 Å². The number of hydrogen-bond acceptors (Lipinski definition) is 4. The number of ether oxygens (including phenoxy) is 2. The van der Waals surface area contributed by atoms with E-state index < -0.39 is 6.10 Å². The molecule has 1 aromatic heterocycles. The number of rotatable bonds is 8. The summed E-state index contributed by atoms with van der Waals surface area (Å²) in [5.74, 6) is 1.11. The zero-order chi connectivity index (χ0) is 16.7. The monoisotopic (exact) mass is 318 g/mol. The van der Waals surface area contributed by atoms with E-state index in [-0.39, 0.29) is 12.5 Å². The predicted octanol–water partition coefficient (Wildman–Crippen LogP) is 1.65. The summed E-state index contributed by atoms with van der Waals surface area (Å²) >= 11 is 0. The highest BCUT2D eigenvalue weighted by atomic mass is 16.5. The summed E-state index contributed by atoms with van der Waals surface area (Å²) in [7, 11) is 3.47. The van der Waals surface area contributed by atoms with Gasteiger partial charge in [0.2, 0.25) is 0 Å². The Labute approximate surface area is 135 Å². The lowest BCUT2D eigenvalue weighted by atomic mass is 10.2. The van der Waals surface area contributed by atoms with Crippen LogP contribution in [0.5, 0.6) is 11.5 Å². The molecule has 0 aliphatic carbocycles. The summed E-state index contributed by atoms with van der Waals surface area (Å²) in [6.45, 7) is 0.323. The quantitative estimate of drug-likeness (QED) is 0.776. The van der Waals surface area contributed by atoms with Crippen LogP contribution in [0.15, 0.2) is 42.6 Å². The van der Waals surface area contributed by atoms with Crippen molar-refractivity contribution < 1.29 is 19.4 Å². The molecule has 1 heterocycles. The molecular formula is C17H22N2O4. The lowest BCUT2D eigenvalue weighted by molar-refractivity contribution is -0.123.